The summed E-state index contributed by atoms with van der Waals surface area (Å²) in [5.41, 5.74) is 0.131. The first-order valence-electron chi connectivity index (χ1n) is 6.94. The Bertz CT molecular complexity index is 424. The normalized spacial score (nSPS) is 26.4. The van der Waals surface area contributed by atoms with E-state index in [1.807, 2.05) is 41.7 Å². The van der Waals surface area contributed by atoms with Gasteiger partial charge in [0.2, 0.25) is 0 Å². The number of hydrogen-bond donors (Lipinski definition) is 1. The summed E-state index contributed by atoms with van der Waals surface area (Å²) in [6.45, 7) is 0.871. The van der Waals surface area contributed by atoms with E-state index in [1.54, 1.807) is 6.07 Å². The van der Waals surface area contributed by atoms with Crippen LogP contribution in [0.5, 0.6) is 5.75 Å². The zero-order valence-corrected chi connectivity index (χ0v) is 12.6. The molecule has 1 unspecified atom stereocenters. The van der Waals surface area contributed by atoms with E-state index in [-0.39, 0.29) is 5.60 Å². The number of rotatable bonds is 2. The van der Waals surface area contributed by atoms with Crippen molar-refractivity contribution in [3.05, 3.63) is 24.3 Å². The SMILES string of the molecule is Oc1ccccc1SC1CCOC2(CCSCC2)C1. The Hall–Kier alpha value is -0.320. The molecule has 0 bridgehead atoms. The molecule has 2 aliphatic heterocycles. The van der Waals surface area contributed by atoms with E-state index in [4.69, 9.17) is 4.74 Å². The molecule has 0 amide bonds. The summed E-state index contributed by atoms with van der Waals surface area (Å²) < 4.78 is 6.12. The predicted molar refractivity (Wildman–Crippen MR) is 82.2 cm³/mol. The van der Waals surface area contributed by atoms with Gasteiger partial charge in [0.25, 0.3) is 0 Å². The van der Waals surface area contributed by atoms with Crippen molar-refractivity contribution >= 4 is 23.5 Å². The fraction of sp³-hybridized carbons (Fsp3) is 0.600. The van der Waals surface area contributed by atoms with Crippen LogP contribution in [0.1, 0.15) is 25.7 Å². The van der Waals surface area contributed by atoms with Gasteiger partial charge in [0, 0.05) is 16.8 Å². The maximum Gasteiger partial charge on any atom is 0.129 e. The molecule has 104 valence electrons. The molecule has 2 heterocycles. The third-order valence-electron chi connectivity index (χ3n) is 4.01. The lowest BCUT2D eigenvalue weighted by Gasteiger charge is -2.43. The summed E-state index contributed by atoms with van der Waals surface area (Å²) in [6, 6.07) is 7.66. The maximum absolute atomic E-state index is 9.89. The molecule has 2 fully saturated rings. The molecule has 0 radical (unpaired) electrons. The smallest absolute Gasteiger partial charge is 0.129 e. The number of ether oxygens (including phenoxy) is 1. The topological polar surface area (TPSA) is 29.5 Å². The van der Waals surface area contributed by atoms with Crippen LogP contribution in [0.4, 0.5) is 0 Å². The third kappa shape index (κ3) is 3.23. The number of hydrogen-bond acceptors (Lipinski definition) is 4. The zero-order valence-electron chi connectivity index (χ0n) is 11.0. The first-order chi connectivity index (χ1) is 9.27. The fourth-order valence-electron chi connectivity index (χ4n) is 2.91. The third-order valence-corrected chi connectivity index (χ3v) is 6.33. The van der Waals surface area contributed by atoms with Crippen LogP contribution < -0.4 is 0 Å². The molecule has 1 aromatic rings. The second-order valence-electron chi connectivity index (χ2n) is 5.34. The highest BCUT2D eigenvalue weighted by Crippen LogP contribution is 2.43. The highest BCUT2D eigenvalue weighted by Gasteiger charge is 2.39. The van der Waals surface area contributed by atoms with Crippen LogP contribution >= 0.6 is 23.5 Å². The molecule has 1 N–H and O–H groups in total. The molecule has 0 aromatic heterocycles. The first-order valence-corrected chi connectivity index (χ1v) is 8.97. The van der Waals surface area contributed by atoms with Gasteiger partial charge < -0.3 is 9.84 Å². The van der Waals surface area contributed by atoms with E-state index in [0.29, 0.717) is 11.0 Å². The molecule has 19 heavy (non-hydrogen) atoms. The van der Waals surface area contributed by atoms with Gasteiger partial charge in [-0.1, -0.05) is 12.1 Å². The van der Waals surface area contributed by atoms with Crippen LogP contribution in [0.25, 0.3) is 0 Å². The van der Waals surface area contributed by atoms with E-state index in [1.165, 1.54) is 24.3 Å². The van der Waals surface area contributed by atoms with Gasteiger partial charge in [0.15, 0.2) is 0 Å². The first kappa shape index (κ1) is 13.7. The maximum atomic E-state index is 9.89. The van der Waals surface area contributed by atoms with Crippen molar-refractivity contribution in [1.82, 2.24) is 0 Å². The van der Waals surface area contributed by atoms with Crippen LogP contribution in [0, 0.1) is 0 Å². The van der Waals surface area contributed by atoms with Gasteiger partial charge in [-0.05, 0) is 49.3 Å². The van der Waals surface area contributed by atoms with Crippen LogP contribution in [-0.4, -0.2) is 34.1 Å². The van der Waals surface area contributed by atoms with E-state index in [2.05, 4.69) is 0 Å². The van der Waals surface area contributed by atoms with Crippen LogP contribution in [0.15, 0.2) is 29.2 Å². The zero-order chi connectivity index (χ0) is 13.1. The van der Waals surface area contributed by atoms with Crippen LogP contribution in [0.3, 0.4) is 0 Å². The van der Waals surface area contributed by atoms with Gasteiger partial charge in [-0.15, -0.1) is 11.8 Å². The summed E-state index contributed by atoms with van der Waals surface area (Å²) in [4.78, 5) is 1.01. The minimum absolute atomic E-state index is 0.131. The Morgan fingerprint density at radius 2 is 2.05 bits per heavy atom. The molecule has 3 rings (SSSR count). The fourth-order valence-corrected chi connectivity index (χ4v) is 5.45. The number of thioether (sulfide) groups is 2. The van der Waals surface area contributed by atoms with Crippen LogP contribution in [0.2, 0.25) is 0 Å². The van der Waals surface area contributed by atoms with Crippen molar-refractivity contribution in [3.8, 4) is 5.75 Å². The van der Waals surface area contributed by atoms with Gasteiger partial charge in [-0.3, -0.25) is 0 Å². The van der Waals surface area contributed by atoms with E-state index in [9.17, 15) is 5.11 Å². The van der Waals surface area contributed by atoms with E-state index < -0.39 is 0 Å². The number of phenolic OH excluding ortho intramolecular Hbond substituents is 1. The van der Waals surface area contributed by atoms with Crippen molar-refractivity contribution in [2.45, 2.75) is 41.4 Å². The Labute approximate surface area is 123 Å². The molecule has 0 aliphatic carbocycles. The van der Waals surface area contributed by atoms with Gasteiger partial charge in [0.05, 0.1) is 5.60 Å². The van der Waals surface area contributed by atoms with Gasteiger partial charge in [0.1, 0.15) is 5.75 Å². The Balaban J connectivity index is 1.67. The molecule has 2 aliphatic rings. The van der Waals surface area contributed by atoms with Crippen molar-refractivity contribution in [3.63, 3.8) is 0 Å². The minimum atomic E-state index is 0.131. The molecule has 1 aromatic carbocycles. The van der Waals surface area contributed by atoms with Gasteiger partial charge in [-0.25, -0.2) is 0 Å². The summed E-state index contributed by atoms with van der Waals surface area (Å²) in [7, 11) is 0. The molecule has 2 saturated heterocycles. The second-order valence-corrected chi connectivity index (χ2v) is 7.91. The summed E-state index contributed by atoms with van der Waals surface area (Å²) in [5.74, 6) is 2.87. The average molecular weight is 296 g/mol. The molecule has 1 atom stereocenters. The lowest BCUT2D eigenvalue weighted by Crippen LogP contribution is -2.43. The minimum Gasteiger partial charge on any atom is -0.507 e. The molecule has 4 heteroatoms. The van der Waals surface area contributed by atoms with Crippen molar-refractivity contribution in [1.29, 1.82) is 0 Å². The second kappa shape index (κ2) is 5.98. The van der Waals surface area contributed by atoms with Gasteiger partial charge in [-0.2, -0.15) is 11.8 Å². The number of phenols is 1. The quantitative estimate of drug-likeness (QED) is 0.895. The van der Waals surface area contributed by atoms with Crippen molar-refractivity contribution in [2.24, 2.45) is 0 Å². The predicted octanol–water partition coefficient (Wildman–Crippen LogP) is 3.93. The lowest BCUT2D eigenvalue weighted by atomic mass is 9.88. The summed E-state index contributed by atoms with van der Waals surface area (Å²) in [6.07, 6.45) is 4.60. The van der Waals surface area contributed by atoms with E-state index in [0.717, 1.165) is 24.3 Å². The largest absolute Gasteiger partial charge is 0.507 e. The van der Waals surface area contributed by atoms with Crippen molar-refractivity contribution < 1.29 is 9.84 Å². The standard InChI is InChI=1S/C15H20O2S2/c16-13-3-1-2-4-14(13)19-12-5-8-17-15(11-12)6-9-18-10-7-15/h1-4,12,16H,5-11H2. The summed E-state index contributed by atoms with van der Waals surface area (Å²) >= 11 is 3.87. The Morgan fingerprint density at radius 1 is 1.26 bits per heavy atom. The van der Waals surface area contributed by atoms with Gasteiger partial charge >= 0.3 is 0 Å². The summed E-state index contributed by atoms with van der Waals surface area (Å²) in [5, 5.41) is 10.5. The highest BCUT2D eigenvalue weighted by molar-refractivity contribution is 8.00. The number of para-hydroxylation sites is 1. The molecular weight excluding hydrogens is 276 g/mol. The molecular formula is C15H20O2S2. The monoisotopic (exact) mass is 296 g/mol. The number of benzene rings is 1. The average Bonchev–Trinajstić information content (AvgIpc) is 2.42. The molecule has 0 saturated carbocycles. The Morgan fingerprint density at radius 3 is 2.84 bits per heavy atom. The highest BCUT2D eigenvalue weighted by atomic mass is 32.2. The van der Waals surface area contributed by atoms with Crippen molar-refractivity contribution in [2.75, 3.05) is 18.1 Å². The lowest BCUT2D eigenvalue weighted by molar-refractivity contribution is -0.0805. The molecule has 2 nitrogen and oxygen atoms in total. The van der Waals surface area contributed by atoms with E-state index >= 15 is 0 Å². The number of aromatic hydroxyl groups is 1. The molecule has 1 spiro atoms. The van der Waals surface area contributed by atoms with Crippen LogP contribution in [-0.2, 0) is 4.74 Å². The Kier molecular flexibility index (Phi) is 4.30.